The Morgan fingerprint density at radius 3 is 2.71 bits per heavy atom. The Morgan fingerprint density at radius 1 is 1.25 bits per heavy atom. The molecule has 154 valence electrons. The van der Waals surface area contributed by atoms with Crippen molar-refractivity contribution in [1.29, 1.82) is 0 Å². The molecule has 3 saturated heterocycles. The lowest BCUT2D eigenvalue weighted by Crippen LogP contribution is -2.66. The minimum atomic E-state index is -0.709. The number of aliphatic hydroxyl groups excluding tert-OH is 1. The third-order valence-electron chi connectivity index (χ3n) is 6.20. The summed E-state index contributed by atoms with van der Waals surface area (Å²) >= 11 is 0. The summed E-state index contributed by atoms with van der Waals surface area (Å²) < 4.78 is 11.8. The van der Waals surface area contributed by atoms with Gasteiger partial charge in [-0.15, -0.1) is 0 Å². The molecule has 7 heteroatoms. The van der Waals surface area contributed by atoms with Crippen LogP contribution in [-0.2, 0) is 15.9 Å². The van der Waals surface area contributed by atoms with E-state index in [-0.39, 0.29) is 18.2 Å². The monoisotopic (exact) mass is 389 g/mol. The first-order chi connectivity index (χ1) is 13.7. The van der Waals surface area contributed by atoms with Crippen molar-refractivity contribution >= 4 is 6.03 Å². The second kappa shape index (κ2) is 8.78. The number of carbonyl (C=O) groups excluding carboxylic acids is 1. The van der Waals surface area contributed by atoms with E-state index in [0.717, 1.165) is 32.4 Å². The number of hydrogen-bond acceptors (Lipinski definition) is 5. The number of ether oxygens (including phenoxy) is 2. The predicted molar refractivity (Wildman–Crippen MR) is 105 cm³/mol. The zero-order valence-corrected chi connectivity index (χ0v) is 16.4. The number of piperidine rings is 1. The largest absolute Gasteiger partial charge is 0.389 e. The zero-order chi connectivity index (χ0) is 19.5. The molecule has 0 saturated carbocycles. The fraction of sp³-hybridized carbons (Fsp3) is 0.667. The molecule has 28 heavy (non-hydrogen) atoms. The van der Waals surface area contributed by atoms with E-state index >= 15 is 0 Å². The summed E-state index contributed by atoms with van der Waals surface area (Å²) in [6.45, 7) is 4.61. The molecule has 3 aliphatic heterocycles. The highest BCUT2D eigenvalue weighted by molar-refractivity contribution is 5.74. The summed E-state index contributed by atoms with van der Waals surface area (Å²) in [5.41, 5.74) is 1.38. The van der Waals surface area contributed by atoms with Gasteiger partial charge in [-0.3, -0.25) is 4.90 Å². The Hall–Kier alpha value is -1.67. The first-order valence-corrected chi connectivity index (χ1v) is 10.4. The molecular formula is C21H31N3O4. The van der Waals surface area contributed by atoms with Crippen LogP contribution in [-0.4, -0.2) is 72.9 Å². The summed E-state index contributed by atoms with van der Waals surface area (Å²) in [7, 11) is 0. The van der Waals surface area contributed by atoms with Crippen molar-refractivity contribution in [2.24, 2.45) is 5.92 Å². The number of aliphatic hydroxyl groups is 1. The highest BCUT2D eigenvalue weighted by atomic mass is 16.7. The van der Waals surface area contributed by atoms with Gasteiger partial charge in [-0.05, 0) is 50.8 Å². The summed E-state index contributed by atoms with van der Waals surface area (Å²) in [4.78, 5) is 14.3. The lowest BCUT2D eigenvalue weighted by atomic mass is 9.87. The highest BCUT2D eigenvalue weighted by Crippen LogP contribution is 2.34. The molecule has 2 bridgehead atoms. The number of rotatable bonds is 5. The van der Waals surface area contributed by atoms with Crippen molar-refractivity contribution in [1.82, 2.24) is 15.5 Å². The van der Waals surface area contributed by atoms with Crippen LogP contribution in [0.5, 0.6) is 0 Å². The van der Waals surface area contributed by atoms with Crippen molar-refractivity contribution < 1.29 is 19.4 Å². The van der Waals surface area contributed by atoms with Gasteiger partial charge in [0.25, 0.3) is 0 Å². The maximum Gasteiger partial charge on any atom is 0.315 e. The molecule has 1 aromatic carbocycles. The Kier molecular flexibility index (Phi) is 6.16. The molecule has 3 heterocycles. The molecule has 0 aliphatic carbocycles. The van der Waals surface area contributed by atoms with Gasteiger partial charge < -0.3 is 25.2 Å². The third kappa shape index (κ3) is 4.17. The quantitative estimate of drug-likeness (QED) is 0.703. The van der Waals surface area contributed by atoms with Gasteiger partial charge in [-0.2, -0.15) is 0 Å². The van der Waals surface area contributed by atoms with E-state index in [1.54, 1.807) is 0 Å². The predicted octanol–water partition coefficient (Wildman–Crippen LogP) is 1.11. The summed E-state index contributed by atoms with van der Waals surface area (Å²) in [5, 5.41) is 16.6. The minimum absolute atomic E-state index is 0.247. The summed E-state index contributed by atoms with van der Waals surface area (Å²) in [5.74, 6) is 0.654. The van der Waals surface area contributed by atoms with E-state index in [2.05, 4.69) is 45.9 Å². The Labute approximate surface area is 166 Å². The molecule has 3 N–H and O–H groups in total. The van der Waals surface area contributed by atoms with Gasteiger partial charge in [0.2, 0.25) is 0 Å². The van der Waals surface area contributed by atoms with Gasteiger partial charge in [-0.25, -0.2) is 4.79 Å². The van der Waals surface area contributed by atoms with E-state index in [1.807, 2.05) is 6.92 Å². The fourth-order valence-corrected chi connectivity index (χ4v) is 4.73. The van der Waals surface area contributed by atoms with Gasteiger partial charge in [0.1, 0.15) is 6.10 Å². The summed E-state index contributed by atoms with van der Waals surface area (Å²) in [6, 6.07) is 9.63. The molecule has 0 aromatic heterocycles. The van der Waals surface area contributed by atoms with Crippen LogP contribution in [0.3, 0.4) is 0 Å². The molecule has 7 nitrogen and oxygen atoms in total. The lowest BCUT2D eigenvalue weighted by molar-refractivity contribution is -0.184. The van der Waals surface area contributed by atoms with Crippen LogP contribution in [0.25, 0.3) is 0 Å². The average molecular weight is 389 g/mol. The normalized spacial score (nSPS) is 33.6. The minimum Gasteiger partial charge on any atom is -0.389 e. The Bertz CT molecular complexity index is 650. The van der Waals surface area contributed by atoms with Crippen LogP contribution < -0.4 is 10.6 Å². The van der Waals surface area contributed by atoms with E-state index in [1.165, 1.54) is 5.56 Å². The van der Waals surface area contributed by atoms with Crippen LogP contribution in [0.4, 0.5) is 4.79 Å². The smallest absolute Gasteiger partial charge is 0.315 e. The molecule has 0 spiro atoms. The molecule has 0 radical (unpaired) electrons. The number of urea groups is 1. The molecule has 4 rings (SSSR count). The molecule has 5 unspecified atom stereocenters. The average Bonchev–Trinajstić information content (AvgIpc) is 3.13. The van der Waals surface area contributed by atoms with E-state index in [4.69, 9.17) is 9.47 Å². The number of nitrogens with one attached hydrogen (secondary N) is 2. The van der Waals surface area contributed by atoms with Crippen LogP contribution >= 0.6 is 0 Å². The fourth-order valence-electron chi connectivity index (χ4n) is 4.73. The Balaban J connectivity index is 1.36. The number of fused-ring (bicyclic) bond motifs is 2. The molecule has 3 aliphatic rings. The summed E-state index contributed by atoms with van der Waals surface area (Å²) in [6.07, 6.45) is 1.85. The maximum absolute atomic E-state index is 12.0. The first kappa shape index (κ1) is 19.6. The van der Waals surface area contributed by atoms with E-state index in [0.29, 0.717) is 19.1 Å². The number of amides is 2. The molecule has 2 amide bonds. The van der Waals surface area contributed by atoms with Gasteiger partial charge in [-0.1, -0.05) is 30.3 Å². The van der Waals surface area contributed by atoms with Crippen molar-refractivity contribution in [3.8, 4) is 0 Å². The van der Waals surface area contributed by atoms with Gasteiger partial charge in [0.15, 0.2) is 6.29 Å². The number of nitrogens with zero attached hydrogens (tertiary/aromatic N) is 1. The van der Waals surface area contributed by atoms with Crippen molar-refractivity contribution in [2.45, 2.75) is 56.8 Å². The zero-order valence-electron chi connectivity index (χ0n) is 16.4. The number of hydrogen-bond donors (Lipinski definition) is 3. The third-order valence-corrected chi connectivity index (χ3v) is 6.20. The van der Waals surface area contributed by atoms with Crippen molar-refractivity contribution in [3.05, 3.63) is 35.9 Å². The first-order valence-electron chi connectivity index (χ1n) is 10.4. The molecule has 5 atom stereocenters. The van der Waals surface area contributed by atoms with Crippen LogP contribution in [0.15, 0.2) is 30.3 Å². The van der Waals surface area contributed by atoms with Crippen molar-refractivity contribution in [3.63, 3.8) is 0 Å². The standard InChI is InChI=1S/C21H31N3O4/c1-2-22-21(26)23-17-16-13-27-20(28-16)18(19(17)25)24-10-8-15(9-11-24)12-14-6-4-3-5-7-14/h3-7,15-20,25H,2,8-13H2,1H3,(H2,22,23,26). The number of likely N-dealkylation sites (tertiary alicyclic amines) is 1. The number of benzene rings is 1. The van der Waals surface area contributed by atoms with Crippen molar-refractivity contribution in [2.75, 3.05) is 26.2 Å². The number of carbonyl (C=O) groups is 1. The van der Waals surface area contributed by atoms with Gasteiger partial charge in [0, 0.05) is 6.54 Å². The van der Waals surface area contributed by atoms with Crippen LogP contribution in [0, 0.1) is 5.92 Å². The molecule has 1 aromatic rings. The van der Waals surface area contributed by atoms with Crippen LogP contribution in [0.1, 0.15) is 25.3 Å². The second-order valence-corrected chi connectivity index (χ2v) is 8.06. The highest BCUT2D eigenvalue weighted by Gasteiger charge is 2.52. The van der Waals surface area contributed by atoms with Gasteiger partial charge >= 0.3 is 6.03 Å². The molecule has 3 fully saturated rings. The van der Waals surface area contributed by atoms with E-state index in [9.17, 15) is 9.90 Å². The topological polar surface area (TPSA) is 83.1 Å². The Morgan fingerprint density at radius 2 is 2.00 bits per heavy atom. The van der Waals surface area contributed by atoms with E-state index < -0.39 is 18.4 Å². The SMILES string of the molecule is CCNC(=O)NC1C2COC(O2)C(N2CCC(Cc3ccccc3)CC2)C1O. The second-order valence-electron chi connectivity index (χ2n) is 8.06. The lowest BCUT2D eigenvalue weighted by Gasteiger charge is -2.46. The van der Waals surface area contributed by atoms with Crippen LogP contribution in [0.2, 0.25) is 0 Å². The molecular weight excluding hydrogens is 358 g/mol. The van der Waals surface area contributed by atoms with Gasteiger partial charge in [0.05, 0.1) is 24.8 Å². The maximum atomic E-state index is 12.0.